The quantitative estimate of drug-likeness (QED) is 0.797. The molecule has 1 heteroatoms. The monoisotopic (exact) mass is 217 g/mol. The first kappa shape index (κ1) is 11.7. The number of hydrogen-bond donors (Lipinski definition) is 1. The van der Waals surface area contributed by atoms with Gasteiger partial charge in [0.1, 0.15) is 0 Å². The van der Waals surface area contributed by atoms with Crippen LogP contribution in [0.5, 0.6) is 0 Å². The van der Waals surface area contributed by atoms with E-state index < -0.39 is 0 Å². The van der Waals surface area contributed by atoms with Gasteiger partial charge in [0.2, 0.25) is 0 Å². The van der Waals surface area contributed by atoms with Crippen molar-refractivity contribution in [1.29, 1.82) is 0 Å². The Morgan fingerprint density at radius 3 is 2.50 bits per heavy atom. The summed E-state index contributed by atoms with van der Waals surface area (Å²) < 4.78 is 0. The Hall–Kier alpha value is -0.820. The fourth-order valence-electron chi connectivity index (χ4n) is 2.30. The largest absolute Gasteiger partial charge is 0.316 e. The average molecular weight is 217 g/mol. The molecule has 1 fully saturated rings. The van der Waals surface area contributed by atoms with Gasteiger partial charge in [-0.25, -0.2) is 0 Å². The molecule has 0 aromatic heterocycles. The van der Waals surface area contributed by atoms with Crippen LogP contribution in [-0.2, 0) is 0 Å². The molecule has 0 amide bonds. The number of rotatable bonds is 5. The molecule has 1 aliphatic carbocycles. The van der Waals surface area contributed by atoms with Crippen LogP contribution in [0.3, 0.4) is 0 Å². The standard InChI is InChI=1S/C15H23N/c1-12(13-7-5-4-6-8-13)10-16-11-14-9-15(14,2)3/h4-8,12,14,16H,9-11H2,1-3H3. The van der Waals surface area contributed by atoms with Gasteiger partial charge < -0.3 is 5.32 Å². The van der Waals surface area contributed by atoms with Crippen molar-refractivity contribution in [2.75, 3.05) is 13.1 Å². The van der Waals surface area contributed by atoms with Gasteiger partial charge >= 0.3 is 0 Å². The Labute approximate surface area is 99.3 Å². The van der Waals surface area contributed by atoms with Crippen LogP contribution in [0.4, 0.5) is 0 Å². The SMILES string of the molecule is CC(CNCC1CC1(C)C)c1ccccc1. The summed E-state index contributed by atoms with van der Waals surface area (Å²) in [6, 6.07) is 10.8. The fraction of sp³-hybridized carbons (Fsp3) is 0.600. The van der Waals surface area contributed by atoms with Crippen LogP contribution in [0, 0.1) is 11.3 Å². The smallest absolute Gasteiger partial charge is 0.00176 e. The van der Waals surface area contributed by atoms with E-state index in [0.717, 1.165) is 12.5 Å². The normalized spacial score (nSPS) is 24.1. The molecule has 2 atom stereocenters. The van der Waals surface area contributed by atoms with E-state index in [9.17, 15) is 0 Å². The lowest BCUT2D eigenvalue weighted by Crippen LogP contribution is -2.23. The predicted molar refractivity (Wildman–Crippen MR) is 69.6 cm³/mol. The molecule has 1 saturated carbocycles. The van der Waals surface area contributed by atoms with Crippen LogP contribution in [0.15, 0.2) is 30.3 Å². The van der Waals surface area contributed by atoms with Crippen molar-refractivity contribution in [3.8, 4) is 0 Å². The van der Waals surface area contributed by atoms with E-state index in [4.69, 9.17) is 0 Å². The molecule has 1 N–H and O–H groups in total. The number of hydrogen-bond acceptors (Lipinski definition) is 1. The summed E-state index contributed by atoms with van der Waals surface area (Å²) in [6.07, 6.45) is 1.39. The van der Waals surface area contributed by atoms with E-state index >= 15 is 0 Å². The van der Waals surface area contributed by atoms with Crippen molar-refractivity contribution in [3.05, 3.63) is 35.9 Å². The van der Waals surface area contributed by atoms with Gasteiger partial charge in [-0.15, -0.1) is 0 Å². The topological polar surface area (TPSA) is 12.0 Å². The number of benzene rings is 1. The average Bonchev–Trinajstić information content (AvgIpc) is 2.87. The molecule has 0 saturated heterocycles. The minimum absolute atomic E-state index is 0.600. The van der Waals surface area contributed by atoms with E-state index in [-0.39, 0.29) is 0 Å². The highest BCUT2D eigenvalue weighted by Crippen LogP contribution is 2.50. The van der Waals surface area contributed by atoms with Crippen molar-refractivity contribution in [1.82, 2.24) is 5.32 Å². The Kier molecular flexibility index (Phi) is 3.34. The van der Waals surface area contributed by atoms with Crippen LogP contribution in [-0.4, -0.2) is 13.1 Å². The van der Waals surface area contributed by atoms with Crippen LogP contribution >= 0.6 is 0 Å². The van der Waals surface area contributed by atoms with Gasteiger partial charge in [0.05, 0.1) is 0 Å². The summed E-state index contributed by atoms with van der Waals surface area (Å²) >= 11 is 0. The molecule has 0 radical (unpaired) electrons. The molecule has 1 aliphatic rings. The molecule has 1 nitrogen and oxygen atoms in total. The van der Waals surface area contributed by atoms with Crippen LogP contribution in [0.2, 0.25) is 0 Å². The summed E-state index contributed by atoms with van der Waals surface area (Å²) in [5.41, 5.74) is 2.04. The van der Waals surface area contributed by atoms with E-state index in [2.05, 4.69) is 56.4 Å². The molecule has 16 heavy (non-hydrogen) atoms. The fourth-order valence-corrected chi connectivity index (χ4v) is 2.30. The van der Waals surface area contributed by atoms with E-state index in [1.807, 2.05) is 0 Å². The molecular formula is C15H23N. The summed E-state index contributed by atoms with van der Waals surface area (Å²) in [6.45, 7) is 9.29. The van der Waals surface area contributed by atoms with Gasteiger partial charge in [-0.2, -0.15) is 0 Å². The minimum atomic E-state index is 0.600. The molecule has 1 aromatic carbocycles. The third kappa shape index (κ3) is 2.85. The first-order valence-electron chi connectivity index (χ1n) is 6.35. The lowest BCUT2D eigenvalue weighted by atomic mass is 10.0. The van der Waals surface area contributed by atoms with Crippen molar-refractivity contribution in [2.45, 2.75) is 33.1 Å². The third-order valence-corrected chi connectivity index (χ3v) is 3.93. The summed E-state index contributed by atoms with van der Waals surface area (Å²) in [5, 5.41) is 3.60. The molecule has 0 spiro atoms. The molecule has 1 aromatic rings. The molecule has 0 bridgehead atoms. The highest BCUT2D eigenvalue weighted by atomic mass is 14.9. The highest BCUT2D eigenvalue weighted by molar-refractivity contribution is 5.18. The maximum Gasteiger partial charge on any atom is 0.00176 e. The second-order valence-corrected chi connectivity index (χ2v) is 5.86. The Morgan fingerprint density at radius 2 is 1.94 bits per heavy atom. The highest BCUT2D eigenvalue weighted by Gasteiger charge is 2.44. The summed E-state index contributed by atoms with van der Waals surface area (Å²) in [5.74, 6) is 1.51. The third-order valence-electron chi connectivity index (χ3n) is 3.93. The van der Waals surface area contributed by atoms with Gasteiger partial charge in [-0.3, -0.25) is 0 Å². The summed E-state index contributed by atoms with van der Waals surface area (Å²) in [7, 11) is 0. The van der Waals surface area contributed by atoms with E-state index in [0.29, 0.717) is 11.3 Å². The lowest BCUT2D eigenvalue weighted by molar-refractivity contribution is 0.507. The van der Waals surface area contributed by atoms with Crippen molar-refractivity contribution in [3.63, 3.8) is 0 Å². The predicted octanol–water partition coefficient (Wildman–Crippen LogP) is 3.43. The second-order valence-electron chi connectivity index (χ2n) is 5.86. The molecule has 0 heterocycles. The van der Waals surface area contributed by atoms with Crippen molar-refractivity contribution < 1.29 is 0 Å². The van der Waals surface area contributed by atoms with Crippen molar-refractivity contribution in [2.24, 2.45) is 11.3 Å². The zero-order valence-corrected chi connectivity index (χ0v) is 10.7. The first-order chi connectivity index (χ1) is 7.59. The zero-order chi connectivity index (χ0) is 11.6. The molecule has 0 aliphatic heterocycles. The summed E-state index contributed by atoms with van der Waals surface area (Å²) in [4.78, 5) is 0. The van der Waals surface area contributed by atoms with Gasteiger partial charge in [0.15, 0.2) is 0 Å². The van der Waals surface area contributed by atoms with Crippen LogP contribution in [0.1, 0.15) is 38.7 Å². The second kappa shape index (κ2) is 4.58. The Bertz CT molecular complexity index is 329. The van der Waals surface area contributed by atoms with Gasteiger partial charge in [-0.1, -0.05) is 51.1 Å². The first-order valence-corrected chi connectivity index (χ1v) is 6.35. The minimum Gasteiger partial charge on any atom is -0.316 e. The van der Waals surface area contributed by atoms with Crippen LogP contribution < -0.4 is 5.32 Å². The van der Waals surface area contributed by atoms with Gasteiger partial charge in [0, 0.05) is 6.54 Å². The van der Waals surface area contributed by atoms with Crippen LogP contribution in [0.25, 0.3) is 0 Å². The lowest BCUT2D eigenvalue weighted by Gasteiger charge is -2.13. The van der Waals surface area contributed by atoms with Gasteiger partial charge in [-0.05, 0) is 35.8 Å². The number of nitrogens with one attached hydrogen (secondary N) is 1. The molecule has 88 valence electrons. The molecule has 2 rings (SSSR count). The maximum absolute atomic E-state index is 3.60. The molecular weight excluding hydrogens is 194 g/mol. The van der Waals surface area contributed by atoms with Crippen molar-refractivity contribution >= 4 is 0 Å². The van der Waals surface area contributed by atoms with E-state index in [1.165, 1.54) is 18.5 Å². The molecule has 2 unspecified atom stereocenters. The maximum atomic E-state index is 3.60. The van der Waals surface area contributed by atoms with E-state index in [1.54, 1.807) is 0 Å². The Morgan fingerprint density at radius 1 is 1.31 bits per heavy atom. The zero-order valence-electron chi connectivity index (χ0n) is 10.7. The van der Waals surface area contributed by atoms with Gasteiger partial charge in [0.25, 0.3) is 0 Å². The Balaban J connectivity index is 1.71.